The van der Waals surface area contributed by atoms with Crippen LogP contribution in [0.25, 0.3) is 22.3 Å². The maximum atomic E-state index is 14.0. The molecule has 4 aromatic rings. The van der Waals surface area contributed by atoms with Crippen molar-refractivity contribution in [2.45, 2.75) is 13.3 Å². The molecule has 0 aliphatic heterocycles. The predicted octanol–water partition coefficient (Wildman–Crippen LogP) is 4.17. The second kappa shape index (κ2) is 8.86. The van der Waals surface area contributed by atoms with Gasteiger partial charge < -0.3 is 15.4 Å². The zero-order valence-corrected chi connectivity index (χ0v) is 17.5. The number of carbonyl (C=O) groups is 1. The lowest BCUT2D eigenvalue weighted by Crippen LogP contribution is -2.12. The maximum Gasteiger partial charge on any atom is 0.307 e. The van der Waals surface area contributed by atoms with E-state index in [4.69, 9.17) is 4.74 Å². The maximum absolute atomic E-state index is 14.0. The lowest BCUT2D eigenvalue weighted by Gasteiger charge is -2.13. The molecule has 11 nitrogen and oxygen atoms in total. The molecule has 12 heteroatoms. The molecule has 0 aliphatic carbocycles. The predicted molar refractivity (Wildman–Crippen MR) is 119 cm³/mol. The smallest absolute Gasteiger partial charge is 0.307 e. The third kappa shape index (κ3) is 4.26. The molecule has 2 aromatic heterocycles. The summed E-state index contributed by atoms with van der Waals surface area (Å²) in [5.41, 5.74) is 1.25. The molecule has 0 fully saturated rings. The molecular formula is C21H18FN7O4. The summed E-state index contributed by atoms with van der Waals surface area (Å²) in [5, 5.41) is 24.7. The van der Waals surface area contributed by atoms with Gasteiger partial charge in [0.05, 0.1) is 35.1 Å². The van der Waals surface area contributed by atoms with Crippen LogP contribution in [-0.2, 0) is 4.79 Å². The average molecular weight is 451 g/mol. The quantitative estimate of drug-likeness (QED) is 0.280. The van der Waals surface area contributed by atoms with Gasteiger partial charge in [-0.1, -0.05) is 25.1 Å². The zero-order chi connectivity index (χ0) is 23.5. The number of hydrogen-bond donors (Lipinski definition) is 3. The highest BCUT2D eigenvalue weighted by molar-refractivity contribution is 5.99. The number of rotatable bonds is 7. The Labute approximate surface area is 186 Å². The summed E-state index contributed by atoms with van der Waals surface area (Å²) >= 11 is 0. The number of hydrogen-bond acceptors (Lipinski definition) is 8. The summed E-state index contributed by atoms with van der Waals surface area (Å²) in [5.74, 6) is -1.22. The summed E-state index contributed by atoms with van der Waals surface area (Å²) < 4.78 is 19.1. The molecule has 33 heavy (non-hydrogen) atoms. The number of anilines is 3. The Morgan fingerprint density at radius 1 is 1.24 bits per heavy atom. The van der Waals surface area contributed by atoms with E-state index in [2.05, 4.69) is 30.8 Å². The van der Waals surface area contributed by atoms with Crippen LogP contribution in [0.5, 0.6) is 5.75 Å². The van der Waals surface area contributed by atoms with E-state index in [-0.39, 0.29) is 29.7 Å². The molecule has 0 spiro atoms. The van der Waals surface area contributed by atoms with Crippen LogP contribution >= 0.6 is 0 Å². The number of ether oxygens (including phenoxy) is 1. The molecule has 0 saturated heterocycles. The van der Waals surface area contributed by atoms with Gasteiger partial charge in [0.2, 0.25) is 17.7 Å². The molecule has 0 bridgehead atoms. The van der Waals surface area contributed by atoms with Crippen LogP contribution in [-0.4, -0.2) is 38.1 Å². The van der Waals surface area contributed by atoms with E-state index < -0.39 is 16.4 Å². The molecule has 0 atom stereocenters. The first-order valence-corrected chi connectivity index (χ1v) is 9.80. The molecule has 3 N–H and O–H groups in total. The molecule has 1 amide bonds. The molecule has 4 rings (SSSR count). The van der Waals surface area contributed by atoms with Crippen LogP contribution < -0.4 is 15.4 Å². The van der Waals surface area contributed by atoms with Gasteiger partial charge in [0.15, 0.2) is 0 Å². The number of fused-ring (bicyclic) bond motifs is 1. The van der Waals surface area contributed by atoms with Crippen LogP contribution in [0.1, 0.15) is 13.3 Å². The van der Waals surface area contributed by atoms with Crippen molar-refractivity contribution in [3.8, 4) is 17.1 Å². The van der Waals surface area contributed by atoms with Crippen LogP contribution in [0.4, 0.5) is 27.4 Å². The Balaban J connectivity index is 1.82. The van der Waals surface area contributed by atoms with E-state index in [9.17, 15) is 19.3 Å². The molecule has 2 heterocycles. The average Bonchev–Trinajstić information content (AvgIpc) is 3.24. The molecule has 0 aliphatic rings. The highest BCUT2D eigenvalue weighted by Gasteiger charge is 2.21. The fourth-order valence-corrected chi connectivity index (χ4v) is 3.17. The molecule has 168 valence electrons. The minimum atomic E-state index is -1.04. The van der Waals surface area contributed by atoms with Crippen molar-refractivity contribution in [1.82, 2.24) is 20.2 Å². The third-order valence-electron chi connectivity index (χ3n) is 4.79. The van der Waals surface area contributed by atoms with E-state index in [1.165, 1.54) is 13.3 Å². The van der Waals surface area contributed by atoms with Gasteiger partial charge >= 0.3 is 5.69 Å². The highest BCUT2D eigenvalue weighted by Crippen LogP contribution is 2.35. The topological polar surface area (TPSA) is 148 Å². The highest BCUT2D eigenvalue weighted by atomic mass is 19.1. The van der Waals surface area contributed by atoms with E-state index in [1.807, 2.05) is 24.3 Å². The first-order valence-electron chi connectivity index (χ1n) is 9.80. The van der Waals surface area contributed by atoms with Crippen LogP contribution in [0.2, 0.25) is 0 Å². The molecule has 0 saturated carbocycles. The number of halogens is 1. The Morgan fingerprint density at radius 2 is 2.03 bits per heavy atom. The Kier molecular flexibility index (Phi) is 5.81. The Hall–Kier alpha value is -4.61. The fraction of sp³-hybridized carbons (Fsp3) is 0.143. The van der Waals surface area contributed by atoms with E-state index in [1.54, 1.807) is 6.92 Å². The normalized spacial score (nSPS) is 10.8. The zero-order valence-electron chi connectivity index (χ0n) is 17.5. The summed E-state index contributed by atoms with van der Waals surface area (Å²) in [6, 6.07) is 9.28. The monoisotopic (exact) mass is 451 g/mol. The van der Waals surface area contributed by atoms with E-state index in [0.29, 0.717) is 17.1 Å². The number of nitrogens with zero attached hydrogens (tertiary/aromatic N) is 4. The third-order valence-corrected chi connectivity index (χ3v) is 4.79. The molecule has 0 radical (unpaired) electrons. The lowest BCUT2D eigenvalue weighted by molar-refractivity contribution is -0.387. The van der Waals surface area contributed by atoms with Crippen molar-refractivity contribution < 1.29 is 18.8 Å². The minimum Gasteiger partial charge on any atom is -0.494 e. The summed E-state index contributed by atoms with van der Waals surface area (Å²) in [6.45, 7) is 1.71. The molecule has 2 aromatic carbocycles. The largest absolute Gasteiger partial charge is 0.494 e. The van der Waals surface area contributed by atoms with Gasteiger partial charge in [0, 0.05) is 23.9 Å². The van der Waals surface area contributed by atoms with Crippen molar-refractivity contribution in [1.29, 1.82) is 0 Å². The van der Waals surface area contributed by atoms with Gasteiger partial charge in [0.1, 0.15) is 17.1 Å². The van der Waals surface area contributed by atoms with Gasteiger partial charge in [-0.05, 0) is 6.07 Å². The van der Waals surface area contributed by atoms with Gasteiger partial charge in [-0.2, -0.15) is 9.49 Å². The number of methoxy groups -OCH3 is 1. The second-order valence-electron chi connectivity index (χ2n) is 6.86. The standard InChI is InChI=1S/C21H18FN7O4/c1-3-18(30)24-15-10-23-21(25-14-9-16(29(31)32)12(22)8-17(14)33-2)26-20(15)19-11-6-4-5-7-13(11)27-28-19/h4-10H,3H2,1-2H3,(H,24,30)(H,27,28)(H,23,25,26). The molecule has 0 unspecified atom stereocenters. The Morgan fingerprint density at radius 3 is 2.76 bits per heavy atom. The van der Waals surface area contributed by atoms with Crippen LogP contribution in [0, 0.1) is 15.9 Å². The van der Waals surface area contributed by atoms with Gasteiger partial charge in [-0.25, -0.2) is 9.97 Å². The number of nitro benzene ring substituents is 1. The first kappa shape index (κ1) is 21.6. The van der Waals surface area contributed by atoms with Crippen molar-refractivity contribution in [3.63, 3.8) is 0 Å². The number of aromatic nitrogens is 4. The number of nitrogens with one attached hydrogen (secondary N) is 3. The number of para-hydroxylation sites is 1. The van der Waals surface area contributed by atoms with Gasteiger partial charge in [-0.15, -0.1) is 0 Å². The summed E-state index contributed by atoms with van der Waals surface area (Å²) in [4.78, 5) is 31.0. The van der Waals surface area contributed by atoms with Crippen molar-refractivity contribution in [2.24, 2.45) is 0 Å². The number of carbonyl (C=O) groups excluding carboxylic acids is 1. The number of H-pyrrole nitrogens is 1. The SMILES string of the molecule is CCC(=O)Nc1cnc(Nc2cc([N+](=O)[O-])c(F)cc2OC)nc1-c1n[nH]c2ccccc12. The van der Waals surface area contributed by atoms with Crippen molar-refractivity contribution in [3.05, 3.63) is 58.5 Å². The first-order chi connectivity index (χ1) is 15.9. The fourth-order valence-electron chi connectivity index (χ4n) is 3.17. The van der Waals surface area contributed by atoms with Gasteiger partial charge in [-0.3, -0.25) is 20.0 Å². The van der Waals surface area contributed by atoms with Crippen LogP contribution in [0.3, 0.4) is 0 Å². The second-order valence-corrected chi connectivity index (χ2v) is 6.86. The lowest BCUT2D eigenvalue weighted by atomic mass is 10.1. The number of nitro groups is 1. The molecular weight excluding hydrogens is 433 g/mol. The van der Waals surface area contributed by atoms with Crippen LogP contribution in [0.15, 0.2) is 42.6 Å². The van der Waals surface area contributed by atoms with E-state index in [0.717, 1.165) is 23.0 Å². The number of benzene rings is 2. The number of amides is 1. The van der Waals surface area contributed by atoms with E-state index >= 15 is 0 Å². The van der Waals surface area contributed by atoms with Gasteiger partial charge in [0.25, 0.3) is 0 Å². The summed E-state index contributed by atoms with van der Waals surface area (Å²) in [7, 11) is 1.30. The summed E-state index contributed by atoms with van der Waals surface area (Å²) in [6.07, 6.45) is 1.64. The number of aromatic amines is 1. The minimum absolute atomic E-state index is 0.0248. The van der Waals surface area contributed by atoms with Crippen molar-refractivity contribution >= 4 is 39.8 Å². The Bertz CT molecular complexity index is 1370. The van der Waals surface area contributed by atoms with Crippen molar-refractivity contribution in [2.75, 3.05) is 17.7 Å².